The summed E-state index contributed by atoms with van der Waals surface area (Å²) < 4.78 is 5.17. The molecule has 3 N–H and O–H groups in total. The Morgan fingerprint density at radius 1 is 1.50 bits per heavy atom. The van der Waals surface area contributed by atoms with Crippen molar-refractivity contribution in [2.45, 2.75) is 45.6 Å². The van der Waals surface area contributed by atoms with Crippen LogP contribution >= 0.6 is 0 Å². The number of nitrogens with one attached hydrogen (secondary N) is 1. The molecule has 0 bridgehead atoms. The van der Waals surface area contributed by atoms with Gasteiger partial charge in [0.1, 0.15) is 5.60 Å². The van der Waals surface area contributed by atoms with E-state index in [1.807, 2.05) is 20.8 Å². The van der Waals surface area contributed by atoms with E-state index in [0.29, 0.717) is 24.9 Å². The number of ether oxygens (including phenoxy) is 1. The number of nitrogens with two attached hydrogens (primary N) is 1. The van der Waals surface area contributed by atoms with Gasteiger partial charge < -0.3 is 15.8 Å². The Morgan fingerprint density at radius 2 is 2.12 bits per heavy atom. The van der Waals surface area contributed by atoms with Crippen LogP contribution in [0.15, 0.2) is 0 Å². The van der Waals surface area contributed by atoms with E-state index < -0.39 is 5.60 Å². The van der Waals surface area contributed by atoms with Crippen LogP contribution in [0.3, 0.4) is 0 Å². The van der Waals surface area contributed by atoms with E-state index in [2.05, 4.69) is 5.32 Å². The van der Waals surface area contributed by atoms with Crippen molar-refractivity contribution >= 4 is 6.09 Å². The first-order valence-electron chi connectivity index (χ1n) is 6.09. The maximum atomic E-state index is 11.4. The Labute approximate surface area is 97.9 Å². The Morgan fingerprint density at radius 3 is 2.50 bits per heavy atom. The third-order valence-electron chi connectivity index (χ3n) is 3.03. The third kappa shape index (κ3) is 4.39. The van der Waals surface area contributed by atoms with Crippen molar-refractivity contribution in [1.29, 1.82) is 0 Å². The lowest BCUT2D eigenvalue weighted by Gasteiger charge is -2.33. The average molecular weight is 228 g/mol. The van der Waals surface area contributed by atoms with Crippen molar-refractivity contribution in [1.82, 2.24) is 5.32 Å². The largest absolute Gasteiger partial charge is 0.444 e. The smallest absolute Gasteiger partial charge is 0.407 e. The van der Waals surface area contributed by atoms with Crippen LogP contribution in [0.5, 0.6) is 0 Å². The molecule has 1 aliphatic rings. The maximum Gasteiger partial charge on any atom is 0.407 e. The first kappa shape index (κ1) is 13.3. The molecule has 0 saturated heterocycles. The van der Waals surface area contributed by atoms with E-state index in [9.17, 15) is 4.79 Å². The fourth-order valence-corrected chi connectivity index (χ4v) is 1.88. The summed E-state index contributed by atoms with van der Waals surface area (Å²) in [6.07, 6.45) is 3.45. The molecule has 0 spiro atoms. The molecule has 0 aromatic carbocycles. The lowest BCUT2D eigenvalue weighted by Crippen LogP contribution is -2.40. The second kappa shape index (κ2) is 5.53. The van der Waals surface area contributed by atoms with Crippen LogP contribution in [0.4, 0.5) is 4.79 Å². The Hall–Kier alpha value is -0.770. The summed E-state index contributed by atoms with van der Waals surface area (Å²) in [6.45, 7) is 6.85. The summed E-state index contributed by atoms with van der Waals surface area (Å²) in [5.41, 5.74) is 5.27. The van der Waals surface area contributed by atoms with Gasteiger partial charge in [-0.05, 0) is 39.2 Å². The van der Waals surface area contributed by atoms with Gasteiger partial charge in [-0.2, -0.15) is 0 Å². The summed E-state index contributed by atoms with van der Waals surface area (Å²) in [5.74, 6) is 1.10. The van der Waals surface area contributed by atoms with Crippen LogP contribution in [-0.4, -0.2) is 24.8 Å². The zero-order valence-electron chi connectivity index (χ0n) is 10.6. The summed E-state index contributed by atoms with van der Waals surface area (Å²) in [5, 5.41) is 2.80. The van der Waals surface area contributed by atoms with Crippen LogP contribution in [0.2, 0.25) is 0 Å². The molecule has 0 heterocycles. The highest BCUT2D eigenvalue weighted by Crippen LogP contribution is 2.32. The van der Waals surface area contributed by atoms with E-state index in [1.54, 1.807) is 0 Å². The van der Waals surface area contributed by atoms with Gasteiger partial charge in [0.15, 0.2) is 0 Å². The Bertz CT molecular complexity index is 232. The average Bonchev–Trinajstić information content (AvgIpc) is 2.05. The van der Waals surface area contributed by atoms with Crippen molar-refractivity contribution in [2.24, 2.45) is 17.6 Å². The number of amides is 1. The first-order chi connectivity index (χ1) is 7.42. The molecule has 1 fully saturated rings. The molecule has 4 nitrogen and oxygen atoms in total. The van der Waals surface area contributed by atoms with Gasteiger partial charge in [0, 0.05) is 6.54 Å². The minimum Gasteiger partial charge on any atom is -0.444 e. The summed E-state index contributed by atoms with van der Waals surface area (Å²) >= 11 is 0. The van der Waals surface area contributed by atoms with E-state index in [-0.39, 0.29) is 6.09 Å². The quantitative estimate of drug-likeness (QED) is 0.772. The highest BCUT2D eigenvalue weighted by atomic mass is 16.6. The molecule has 1 aliphatic carbocycles. The number of carbonyl (C=O) groups is 1. The third-order valence-corrected chi connectivity index (χ3v) is 3.03. The van der Waals surface area contributed by atoms with E-state index in [0.717, 1.165) is 0 Å². The molecule has 4 heteroatoms. The fourth-order valence-electron chi connectivity index (χ4n) is 1.88. The summed E-state index contributed by atoms with van der Waals surface area (Å²) in [4.78, 5) is 11.4. The molecule has 16 heavy (non-hydrogen) atoms. The molecule has 94 valence electrons. The van der Waals surface area contributed by atoms with E-state index in [1.165, 1.54) is 19.3 Å². The van der Waals surface area contributed by atoms with Crippen LogP contribution in [0.25, 0.3) is 0 Å². The number of hydrogen-bond acceptors (Lipinski definition) is 3. The van der Waals surface area contributed by atoms with Crippen molar-refractivity contribution in [3.63, 3.8) is 0 Å². The van der Waals surface area contributed by atoms with Gasteiger partial charge in [0.05, 0.1) is 0 Å². The molecule has 0 radical (unpaired) electrons. The zero-order valence-corrected chi connectivity index (χ0v) is 10.6. The molecule has 0 aromatic rings. The lowest BCUT2D eigenvalue weighted by molar-refractivity contribution is 0.0506. The van der Waals surface area contributed by atoms with Crippen molar-refractivity contribution < 1.29 is 9.53 Å². The Balaban J connectivity index is 2.23. The first-order valence-corrected chi connectivity index (χ1v) is 6.09. The van der Waals surface area contributed by atoms with Gasteiger partial charge in [-0.1, -0.05) is 19.3 Å². The number of rotatable bonds is 4. The fraction of sp³-hybridized carbons (Fsp3) is 0.917. The van der Waals surface area contributed by atoms with Crippen LogP contribution in [-0.2, 0) is 4.74 Å². The normalized spacial score (nSPS) is 18.8. The highest BCUT2D eigenvalue weighted by Gasteiger charge is 2.27. The lowest BCUT2D eigenvalue weighted by atomic mass is 9.76. The highest BCUT2D eigenvalue weighted by molar-refractivity contribution is 5.67. The number of hydrogen-bond donors (Lipinski definition) is 2. The molecular formula is C12H24N2O2. The van der Waals surface area contributed by atoms with E-state index >= 15 is 0 Å². The molecule has 1 amide bonds. The summed E-state index contributed by atoms with van der Waals surface area (Å²) in [7, 11) is 0. The van der Waals surface area contributed by atoms with Gasteiger partial charge in [-0.3, -0.25) is 0 Å². The van der Waals surface area contributed by atoms with Crippen molar-refractivity contribution in [2.75, 3.05) is 13.1 Å². The Kier molecular flexibility index (Phi) is 4.59. The predicted octanol–water partition coefficient (Wildman–Crippen LogP) is 1.89. The molecule has 1 atom stereocenters. The van der Waals surface area contributed by atoms with Crippen LogP contribution < -0.4 is 11.1 Å². The minimum atomic E-state index is -0.432. The van der Waals surface area contributed by atoms with Crippen LogP contribution in [0.1, 0.15) is 40.0 Å². The van der Waals surface area contributed by atoms with Gasteiger partial charge >= 0.3 is 6.09 Å². The molecule has 0 aliphatic heterocycles. The second-order valence-corrected chi connectivity index (χ2v) is 5.57. The molecule has 0 aromatic heterocycles. The molecular weight excluding hydrogens is 204 g/mol. The van der Waals surface area contributed by atoms with E-state index in [4.69, 9.17) is 10.5 Å². The monoisotopic (exact) mass is 228 g/mol. The standard InChI is InChI=1S/C12H24N2O2/c1-12(2,3)16-11(15)14-8-10(7-13)9-5-4-6-9/h9-10H,4-8,13H2,1-3H3,(H,14,15). The predicted molar refractivity (Wildman–Crippen MR) is 64.1 cm³/mol. The zero-order chi connectivity index (χ0) is 12.2. The van der Waals surface area contributed by atoms with Gasteiger partial charge in [-0.25, -0.2) is 4.79 Å². The van der Waals surface area contributed by atoms with Crippen molar-refractivity contribution in [3.05, 3.63) is 0 Å². The van der Waals surface area contributed by atoms with Crippen LogP contribution in [0, 0.1) is 11.8 Å². The maximum absolute atomic E-state index is 11.4. The molecule has 1 unspecified atom stereocenters. The second-order valence-electron chi connectivity index (χ2n) is 5.57. The van der Waals surface area contributed by atoms with Crippen molar-refractivity contribution in [3.8, 4) is 0 Å². The molecule has 1 saturated carbocycles. The summed E-state index contributed by atoms with van der Waals surface area (Å²) in [6, 6.07) is 0. The topological polar surface area (TPSA) is 64.3 Å². The minimum absolute atomic E-state index is 0.342. The van der Waals surface area contributed by atoms with Gasteiger partial charge in [0.2, 0.25) is 0 Å². The van der Waals surface area contributed by atoms with Gasteiger partial charge in [0.25, 0.3) is 0 Å². The number of carbonyl (C=O) groups excluding carboxylic acids is 1. The molecule has 1 rings (SSSR count). The SMILES string of the molecule is CC(C)(C)OC(=O)NCC(CN)C1CCC1. The van der Waals surface area contributed by atoms with Gasteiger partial charge in [-0.15, -0.1) is 0 Å². The number of alkyl carbamates (subject to hydrolysis) is 1.